The molecule has 0 unspecified atom stereocenters. The molecule has 4 aromatic heterocycles. The molecule has 0 amide bonds. The van der Waals surface area contributed by atoms with E-state index in [0.29, 0.717) is 0 Å². The van der Waals surface area contributed by atoms with Crippen LogP contribution in [0.2, 0.25) is 0 Å². The largest absolute Gasteiger partial charge is 0.474 e. The van der Waals surface area contributed by atoms with Gasteiger partial charge < -0.3 is 18.2 Å². The smallest absolute Gasteiger partial charge is 0.338 e. The molecule has 306 valence electrons. The van der Waals surface area contributed by atoms with Crippen LogP contribution in [0.15, 0.2) is 74.1 Å². The first-order chi connectivity index (χ1) is 28.2. The zero-order valence-corrected chi connectivity index (χ0v) is 38.5. The number of anilines is 3. The van der Waals surface area contributed by atoms with Gasteiger partial charge in [-0.25, -0.2) is 0 Å². The van der Waals surface area contributed by atoms with E-state index in [1.807, 2.05) is 11.3 Å². The van der Waals surface area contributed by atoms with Gasteiger partial charge in [-0.2, -0.15) is 0 Å². The van der Waals surface area contributed by atoms with Crippen LogP contribution in [0.3, 0.4) is 0 Å². The fourth-order valence-electron chi connectivity index (χ4n) is 12.4. The third-order valence-corrected chi connectivity index (χ3v) is 17.4. The standard InChI is InChI=1S/C54H58BNO3S/c1-49(2)19-22-52(7,8)44-39(49)35(28-57-44)56-34-27-30(29-17-18-37-32(25-29)31-15-13-14-16-36(31)60-37)26-33-38-40-45(53(9,10)23-20-50(40,3)4)58-47(38)55(42(33)34)48-43(56)41-46(59-48)54(11,12)24-21-51(41,5)6/h13-18,25-28H,19-24H2,1-12H3. The van der Waals surface area contributed by atoms with Crippen LogP contribution >= 0.6 is 11.3 Å². The SMILES string of the molecule is CC1(C)CCC(C)(C)c2c(N3c4cc(-c5ccc6sc7ccccc7c6c5)cc5c4B(c4oc6c(c4-5)C(C)(C)CCC6(C)C)c4oc5c(c43)C(C)(C)CCC5(C)C)coc21. The number of benzene rings is 3. The Bertz CT molecular complexity index is 3030. The maximum atomic E-state index is 7.60. The van der Waals surface area contributed by atoms with E-state index in [-0.39, 0.29) is 39.2 Å². The minimum absolute atomic E-state index is 0.0407. The summed E-state index contributed by atoms with van der Waals surface area (Å²) in [6, 6.07) is 21.0. The van der Waals surface area contributed by atoms with E-state index in [1.54, 1.807) is 0 Å². The van der Waals surface area contributed by atoms with Crippen LogP contribution in [-0.4, -0.2) is 6.71 Å². The van der Waals surface area contributed by atoms with Crippen molar-refractivity contribution >= 4 is 72.1 Å². The molecular formula is C54H58BNO3S. The molecule has 6 heterocycles. The number of hydrogen-bond acceptors (Lipinski definition) is 5. The molecule has 0 fully saturated rings. The van der Waals surface area contributed by atoms with Crippen molar-refractivity contribution in [2.45, 2.75) is 154 Å². The van der Waals surface area contributed by atoms with Crippen LogP contribution in [0, 0.1) is 0 Å². The van der Waals surface area contributed by atoms with E-state index in [4.69, 9.17) is 13.3 Å². The lowest BCUT2D eigenvalue weighted by Crippen LogP contribution is -2.54. The molecule has 0 atom stereocenters. The molecule has 0 radical (unpaired) electrons. The highest BCUT2D eigenvalue weighted by Crippen LogP contribution is 2.59. The van der Waals surface area contributed by atoms with E-state index in [2.05, 4.69) is 149 Å². The molecule has 0 N–H and O–H groups in total. The molecule has 3 aromatic carbocycles. The van der Waals surface area contributed by atoms with Crippen molar-refractivity contribution in [2.24, 2.45) is 0 Å². The fourth-order valence-corrected chi connectivity index (χ4v) is 13.5. The molecule has 0 saturated heterocycles. The summed E-state index contributed by atoms with van der Waals surface area (Å²) in [5.41, 5.74) is 15.8. The Balaban J connectivity index is 1.24. The fraction of sp³-hybridized carbons (Fsp3) is 0.444. The van der Waals surface area contributed by atoms with Gasteiger partial charge >= 0.3 is 6.71 Å². The number of thiophene rings is 1. The van der Waals surface area contributed by atoms with Crippen LogP contribution in [0.1, 0.15) is 156 Å². The van der Waals surface area contributed by atoms with Gasteiger partial charge in [0.1, 0.15) is 29.2 Å². The topological polar surface area (TPSA) is 42.7 Å². The third kappa shape index (κ3) is 4.70. The quantitative estimate of drug-likeness (QED) is 0.163. The van der Waals surface area contributed by atoms with Gasteiger partial charge in [0.25, 0.3) is 0 Å². The molecule has 0 bridgehead atoms. The third-order valence-electron chi connectivity index (χ3n) is 16.3. The molecule has 0 spiro atoms. The molecule has 7 aromatic rings. The number of nitrogens with zero attached hydrogens (tertiary/aromatic N) is 1. The van der Waals surface area contributed by atoms with Crippen molar-refractivity contribution in [3.8, 4) is 22.3 Å². The van der Waals surface area contributed by atoms with Crippen molar-refractivity contribution in [3.05, 3.63) is 94.8 Å². The lowest BCUT2D eigenvalue weighted by atomic mass is 9.41. The van der Waals surface area contributed by atoms with E-state index >= 15 is 0 Å². The molecule has 0 saturated carbocycles. The summed E-state index contributed by atoms with van der Waals surface area (Å²) in [5, 5.41) is 2.65. The van der Waals surface area contributed by atoms with Crippen molar-refractivity contribution in [2.75, 3.05) is 4.90 Å². The van der Waals surface area contributed by atoms with Gasteiger partial charge in [-0.15, -0.1) is 11.3 Å². The predicted octanol–water partition coefficient (Wildman–Crippen LogP) is 13.8. The Kier molecular flexibility index (Phi) is 7.06. The van der Waals surface area contributed by atoms with Crippen molar-refractivity contribution in [1.29, 1.82) is 0 Å². The van der Waals surface area contributed by atoms with Gasteiger partial charge in [0.15, 0.2) is 0 Å². The summed E-state index contributed by atoms with van der Waals surface area (Å²) in [6.07, 6.45) is 8.69. The molecule has 60 heavy (non-hydrogen) atoms. The van der Waals surface area contributed by atoms with E-state index in [0.717, 1.165) is 67.1 Å². The summed E-state index contributed by atoms with van der Waals surface area (Å²) in [5.74, 6) is 3.43. The highest BCUT2D eigenvalue weighted by atomic mass is 32.1. The van der Waals surface area contributed by atoms with Crippen LogP contribution in [-0.2, 0) is 32.5 Å². The Morgan fingerprint density at radius 3 is 1.83 bits per heavy atom. The first-order valence-corrected chi connectivity index (χ1v) is 23.4. The second-order valence-corrected chi connectivity index (χ2v) is 24.3. The molecule has 6 heteroatoms. The minimum atomic E-state index is -0.143. The lowest BCUT2D eigenvalue weighted by molar-refractivity contribution is 0.278. The Hall–Kier alpha value is -4.42. The van der Waals surface area contributed by atoms with Crippen molar-refractivity contribution in [3.63, 3.8) is 0 Å². The highest BCUT2D eigenvalue weighted by Gasteiger charge is 2.57. The van der Waals surface area contributed by atoms with Crippen LogP contribution in [0.4, 0.5) is 17.1 Å². The zero-order chi connectivity index (χ0) is 41.8. The van der Waals surface area contributed by atoms with Gasteiger partial charge in [-0.3, -0.25) is 0 Å². The number of furan rings is 3. The molecular weight excluding hydrogens is 753 g/mol. The first-order valence-electron chi connectivity index (χ1n) is 22.6. The Morgan fingerprint density at radius 1 is 0.533 bits per heavy atom. The predicted molar refractivity (Wildman–Crippen MR) is 252 cm³/mol. The second kappa shape index (κ2) is 11.3. The van der Waals surface area contributed by atoms with E-state index < -0.39 is 0 Å². The van der Waals surface area contributed by atoms with E-state index in [9.17, 15) is 0 Å². The summed E-state index contributed by atoms with van der Waals surface area (Å²) < 4.78 is 24.6. The number of rotatable bonds is 2. The van der Waals surface area contributed by atoms with Crippen molar-refractivity contribution < 1.29 is 13.3 Å². The van der Waals surface area contributed by atoms with Gasteiger partial charge in [-0.1, -0.05) is 107 Å². The summed E-state index contributed by atoms with van der Waals surface area (Å²) in [7, 11) is 0. The highest BCUT2D eigenvalue weighted by molar-refractivity contribution is 7.25. The summed E-state index contributed by atoms with van der Waals surface area (Å²) >= 11 is 1.89. The van der Waals surface area contributed by atoms with Gasteiger partial charge in [0.2, 0.25) is 0 Å². The maximum absolute atomic E-state index is 7.60. The second-order valence-electron chi connectivity index (χ2n) is 23.2. The maximum Gasteiger partial charge on any atom is 0.338 e. The normalized spacial score (nSPS) is 21.7. The average Bonchev–Trinajstić information content (AvgIpc) is 4.01. The minimum Gasteiger partial charge on any atom is -0.474 e. The summed E-state index contributed by atoms with van der Waals surface area (Å²) in [6.45, 7) is 28.8. The van der Waals surface area contributed by atoms with Crippen LogP contribution < -0.4 is 21.7 Å². The lowest BCUT2D eigenvalue weighted by Gasteiger charge is -2.43. The Morgan fingerprint density at radius 2 is 1.12 bits per heavy atom. The van der Waals surface area contributed by atoms with Crippen molar-refractivity contribution in [1.82, 2.24) is 0 Å². The Labute approximate surface area is 359 Å². The van der Waals surface area contributed by atoms with Gasteiger partial charge in [0, 0.05) is 64.4 Å². The van der Waals surface area contributed by atoms with Gasteiger partial charge in [-0.05, 0) is 107 Å². The molecule has 4 nitrogen and oxygen atoms in total. The average molecular weight is 812 g/mol. The summed E-state index contributed by atoms with van der Waals surface area (Å²) in [4.78, 5) is 2.64. The van der Waals surface area contributed by atoms with Crippen LogP contribution in [0.25, 0.3) is 42.4 Å². The van der Waals surface area contributed by atoms with Crippen LogP contribution in [0.5, 0.6) is 0 Å². The van der Waals surface area contributed by atoms with Gasteiger partial charge in [0.05, 0.1) is 17.0 Å². The molecule has 5 aliphatic rings. The first kappa shape index (κ1) is 37.4. The number of fused-ring (bicyclic) bond motifs is 13. The number of hydrogen-bond donors (Lipinski definition) is 0. The molecule has 2 aliphatic heterocycles. The monoisotopic (exact) mass is 811 g/mol. The zero-order valence-electron chi connectivity index (χ0n) is 37.7. The van der Waals surface area contributed by atoms with E-state index in [1.165, 1.54) is 81.7 Å². The molecule has 3 aliphatic carbocycles. The molecule has 12 rings (SSSR count).